The summed E-state index contributed by atoms with van der Waals surface area (Å²) in [5, 5.41) is 0. The minimum Gasteiger partial charge on any atom is -0.0995 e. The highest BCUT2D eigenvalue weighted by Crippen LogP contribution is 2.03. The zero-order valence-corrected chi connectivity index (χ0v) is 5.15. The SMILES string of the molecule is CC1C#CCC=CC1. The van der Waals surface area contributed by atoms with Crippen LogP contribution in [0.1, 0.15) is 19.8 Å². The van der Waals surface area contributed by atoms with E-state index >= 15 is 0 Å². The third-order valence-corrected chi connectivity index (χ3v) is 1.22. The zero-order valence-electron chi connectivity index (χ0n) is 5.15. The molecular weight excluding hydrogens is 96.1 g/mol. The summed E-state index contributed by atoms with van der Waals surface area (Å²) in [5.74, 6) is 6.77. The van der Waals surface area contributed by atoms with Gasteiger partial charge in [-0.2, -0.15) is 0 Å². The van der Waals surface area contributed by atoms with Crippen molar-refractivity contribution in [1.82, 2.24) is 0 Å². The van der Waals surface area contributed by atoms with Gasteiger partial charge < -0.3 is 0 Å². The van der Waals surface area contributed by atoms with Crippen LogP contribution >= 0.6 is 0 Å². The van der Waals surface area contributed by atoms with Crippen LogP contribution in [0.25, 0.3) is 0 Å². The van der Waals surface area contributed by atoms with E-state index in [4.69, 9.17) is 0 Å². The lowest BCUT2D eigenvalue weighted by molar-refractivity contribution is 0.775. The van der Waals surface area contributed by atoms with Gasteiger partial charge in [-0.1, -0.05) is 30.9 Å². The molecule has 0 saturated carbocycles. The van der Waals surface area contributed by atoms with Crippen molar-refractivity contribution in [2.45, 2.75) is 19.8 Å². The first-order chi connectivity index (χ1) is 3.89. The molecule has 1 aliphatic carbocycles. The summed E-state index contributed by atoms with van der Waals surface area (Å²) in [6.07, 6.45) is 6.41. The topological polar surface area (TPSA) is 0 Å². The number of allylic oxidation sites excluding steroid dienone is 2. The van der Waals surface area contributed by atoms with Crippen molar-refractivity contribution in [3.05, 3.63) is 12.2 Å². The van der Waals surface area contributed by atoms with Crippen LogP contribution in [0.5, 0.6) is 0 Å². The van der Waals surface area contributed by atoms with Gasteiger partial charge in [0.1, 0.15) is 0 Å². The second-order valence-corrected chi connectivity index (χ2v) is 2.13. The third-order valence-electron chi connectivity index (χ3n) is 1.22. The molecule has 0 N–H and O–H groups in total. The molecular formula is C8H10. The Morgan fingerprint density at radius 3 is 3.25 bits per heavy atom. The summed E-state index contributed by atoms with van der Waals surface area (Å²) in [4.78, 5) is 0. The Morgan fingerprint density at radius 2 is 2.38 bits per heavy atom. The molecule has 1 unspecified atom stereocenters. The predicted octanol–water partition coefficient (Wildman–Crippen LogP) is 1.98. The standard InChI is InChI=1S/C8H10/c1-8-6-4-2-3-5-7-8/h2,4,8H,3,6H2,1H3. The third kappa shape index (κ3) is 1.42. The largest absolute Gasteiger partial charge is 0.0995 e. The highest BCUT2D eigenvalue weighted by Gasteiger charge is 1.92. The van der Waals surface area contributed by atoms with Crippen molar-refractivity contribution in [3.63, 3.8) is 0 Å². The Balaban J connectivity index is 2.55. The molecule has 0 fully saturated rings. The molecule has 0 radical (unpaired) electrons. The van der Waals surface area contributed by atoms with E-state index in [9.17, 15) is 0 Å². The van der Waals surface area contributed by atoms with E-state index in [1.54, 1.807) is 0 Å². The first-order valence-electron chi connectivity index (χ1n) is 3.03. The van der Waals surface area contributed by atoms with E-state index in [-0.39, 0.29) is 0 Å². The number of rotatable bonds is 0. The van der Waals surface area contributed by atoms with Gasteiger partial charge in [-0.25, -0.2) is 0 Å². The van der Waals surface area contributed by atoms with Gasteiger partial charge in [0, 0.05) is 12.3 Å². The fourth-order valence-electron chi connectivity index (χ4n) is 0.735. The highest BCUT2D eigenvalue weighted by molar-refractivity contribution is 5.11. The van der Waals surface area contributed by atoms with Crippen molar-refractivity contribution < 1.29 is 0 Å². The Morgan fingerprint density at radius 1 is 1.50 bits per heavy atom. The summed E-state index contributed by atoms with van der Waals surface area (Å²) in [6, 6.07) is 0. The Labute approximate surface area is 50.6 Å². The fourth-order valence-corrected chi connectivity index (χ4v) is 0.735. The normalized spacial score (nSPS) is 25.9. The molecule has 0 aromatic carbocycles. The van der Waals surface area contributed by atoms with Gasteiger partial charge in [-0.15, -0.1) is 0 Å². The highest BCUT2D eigenvalue weighted by atomic mass is 14.0. The Kier molecular flexibility index (Phi) is 1.75. The van der Waals surface area contributed by atoms with Crippen LogP contribution < -0.4 is 0 Å². The van der Waals surface area contributed by atoms with E-state index in [1.807, 2.05) is 0 Å². The summed E-state index contributed by atoms with van der Waals surface area (Å²) >= 11 is 0. The molecule has 1 rings (SSSR count). The predicted molar refractivity (Wildman–Crippen MR) is 35.3 cm³/mol. The maximum absolute atomic E-state index is 3.13. The van der Waals surface area contributed by atoms with Crippen LogP contribution in [0, 0.1) is 17.8 Å². The molecule has 0 aromatic heterocycles. The van der Waals surface area contributed by atoms with E-state index in [1.165, 1.54) is 0 Å². The molecule has 0 aromatic rings. The van der Waals surface area contributed by atoms with Crippen LogP contribution in [0.4, 0.5) is 0 Å². The Bertz CT molecular complexity index is 143. The summed E-state index contributed by atoms with van der Waals surface area (Å²) < 4.78 is 0. The maximum atomic E-state index is 3.13. The van der Waals surface area contributed by atoms with E-state index in [0.29, 0.717) is 5.92 Å². The number of hydrogen-bond donors (Lipinski definition) is 0. The molecule has 0 bridgehead atoms. The van der Waals surface area contributed by atoms with E-state index in [2.05, 4.69) is 30.9 Å². The lowest BCUT2D eigenvalue weighted by Gasteiger charge is -1.92. The monoisotopic (exact) mass is 106 g/mol. The minimum absolute atomic E-state index is 0.578. The van der Waals surface area contributed by atoms with Crippen LogP contribution in [-0.4, -0.2) is 0 Å². The molecule has 0 saturated heterocycles. The summed E-state index contributed by atoms with van der Waals surface area (Å²) in [7, 11) is 0. The molecule has 0 amide bonds. The minimum atomic E-state index is 0.578. The van der Waals surface area contributed by atoms with Gasteiger partial charge in [0.15, 0.2) is 0 Å². The van der Waals surface area contributed by atoms with E-state index < -0.39 is 0 Å². The van der Waals surface area contributed by atoms with Crippen molar-refractivity contribution >= 4 is 0 Å². The lowest BCUT2D eigenvalue weighted by atomic mass is 10.1. The molecule has 0 heterocycles. The lowest BCUT2D eigenvalue weighted by Crippen LogP contribution is -1.83. The van der Waals surface area contributed by atoms with Gasteiger partial charge in [0.25, 0.3) is 0 Å². The van der Waals surface area contributed by atoms with Crippen LogP contribution in [0.2, 0.25) is 0 Å². The van der Waals surface area contributed by atoms with Gasteiger partial charge >= 0.3 is 0 Å². The molecule has 0 nitrogen and oxygen atoms in total. The molecule has 0 heteroatoms. The number of hydrogen-bond acceptors (Lipinski definition) is 0. The first kappa shape index (κ1) is 5.44. The van der Waals surface area contributed by atoms with Gasteiger partial charge in [-0.05, 0) is 6.42 Å². The molecule has 0 spiro atoms. The first-order valence-corrected chi connectivity index (χ1v) is 3.03. The smallest absolute Gasteiger partial charge is 0.0269 e. The zero-order chi connectivity index (χ0) is 5.82. The van der Waals surface area contributed by atoms with Crippen LogP contribution in [-0.2, 0) is 0 Å². The fraction of sp³-hybridized carbons (Fsp3) is 0.500. The van der Waals surface area contributed by atoms with Crippen molar-refractivity contribution in [2.75, 3.05) is 0 Å². The summed E-state index contributed by atoms with van der Waals surface area (Å²) in [5.41, 5.74) is 0. The quantitative estimate of drug-likeness (QED) is 0.327. The van der Waals surface area contributed by atoms with Gasteiger partial charge in [0.2, 0.25) is 0 Å². The molecule has 8 heavy (non-hydrogen) atoms. The summed E-state index contributed by atoms with van der Waals surface area (Å²) in [6.45, 7) is 2.16. The Hall–Kier alpha value is -0.700. The average molecular weight is 106 g/mol. The molecule has 1 aliphatic rings. The van der Waals surface area contributed by atoms with Gasteiger partial charge in [-0.3, -0.25) is 0 Å². The van der Waals surface area contributed by atoms with Crippen molar-refractivity contribution in [2.24, 2.45) is 5.92 Å². The van der Waals surface area contributed by atoms with E-state index in [0.717, 1.165) is 12.8 Å². The average Bonchev–Trinajstić information content (AvgIpc) is 1.94. The van der Waals surface area contributed by atoms with Gasteiger partial charge in [0.05, 0.1) is 0 Å². The van der Waals surface area contributed by atoms with Crippen LogP contribution in [0.15, 0.2) is 12.2 Å². The second-order valence-electron chi connectivity index (χ2n) is 2.13. The van der Waals surface area contributed by atoms with Crippen LogP contribution in [0.3, 0.4) is 0 Å². The molecule has 1 atom stereocenters. The maximum Gasteiger partial charge on any atom is 0.0269 e. The van der Waals surface area contributed by atoms with Crippen molar-refractivity contribution in [3.8, 4) is 11.8 Å². The molecule has 0 aliphatic heterocycles. The second kappa shape index (κ2) is 2.57. The molecule has 42 valence electrons. The van der Waals surface area contributed by atoms with Crippen molar-refractivity contribution in [1.29, 1.82) is 0 Å².